The Labute approximate surface area is 199 Å². The maximum atomic E-state index is 13.1. The Morgan fingerprint density at radius 3 is 2.41 bits per heavy atom. The van der Waals surface area contributed by atoms with Crippen LogP contribution in [0.2, 0.25) is 10.0 Å². The van der Waals surface area contributed by atoms with Gasteiger partial charge in [0, 0.05) is 37.8 Å². The van der Waals surface area contributed by atoms with Crippen molar-refractivity contribution in [2.45, 2.75) is 58.2 Å². The second kappa shape index (κ2) is 10.1. The van der Waals surface area contributed by atoms with Gasteiger partial charge in [0.2, 0.25) is 5.91 Å². The van der Waals surface area contributed by atoms with Crippen LogP contribution in [0.5, 0.6) is 5.75 Å². The molecule has 2 aliphatic rings. The van der Waals surface area contributed by atoms with Crippen LogP contribution < -0.4 is 0 Å². The number of amides is 2. The molecule has 1 aromatic carbocycles. The molecule has 2 amide bonds. The van der Waals surface area contributed by atoms with Gasteiger partial charge >= 0.3 is 6.09 Å². The van der Waals surface area contributed by atoms with E-state index in [1.165, 1.54) is 12.1 Å². The highest BCUT2D eigenvalue weighted by Crippen LogP contribution is 2.39. The van der Waals surface area contributed by atoms with Crippen LogP contribution in [0, 0.1) is 11.8 Å². The van der Waals surface area contributed by atoms with Crippen LogP contribution >= 0.6 is 23.2 Å². The number of phenolic OH excluding ortho intramolecular Hbond substituents is 1. The second-order valence-corrected chi connectivity index (χ2v) is 10.5. The molecule has 2 fully saturated rings. The van der Waals surface area contributed by atoms with E-state index in [0.29, 0.717) is 44.6 Å². The van der Waals surface area contributed by atoms with Crippen molar-refractivity contribution in [1.82, 2.24) is 9.80 Å². The molecule has 1 aromatic rings. The number of phenols is 1. The maximum absolute atomic E-state index is 13.1. The number of aliphatic hydroxyl groups excluding tert-OH is 1. The van der Waals surface area contributed by atoms with E-state index in [4.69, 9.17) is 27.9 Å². The molecule has 2 heterocycles. The molecule has 0 aliphatic carbocycles. The predicted molar refractivity (Wildman–Crippen MR) is 123 cm³/mol. The number of carbonyl (C=O) groups is 2. The summed E-state index contributed by atoms with van der Waals surface area (Å²) in [4.78, 5) is 28.8. The molecule has 2 unspecified atom stereocenters. The summed E-state index contributed by atoms with van der Waals surface area (Å²) in [5.41, 5.74) is -0.212. The Morgan fingerprint density at radius 1 is 1.06 bits per heavy atom. The van der Waals surface area contributed by atoms with Crippen molar-refractivity contribution in [2.75, 3.05) is 26.2 Å². The second-order valence-electron chi connectivity index (χ2n) is 9.70. The smallest absolute Gasteiger partial charge is 0.410 e. The highest BCUT2D eigenvalue weighted by Gasteiger charge is 2.36. The molecule has 0 bridgehead atoms. The Kier molecular flexibility index (Phi) is 7.84. The number of halogens is 2. The largest absolute Gasteiger partial charge is 0.508 e. The van der Waals surface area contributed by atoms with E-state index < -0.39 is 11.7 Å². The third-order valence-electron chi connectivity index (χ3n) is 6.11. The lowest BCUT2D eigenvalue weighted by molar-refractivity contribution is -0.135. The molecule has 32 heavy (non-hydrogen) atoms. The number of ether oxygens (including phenoxy) is 1. The van der Waals surface area contributed by atoms with Crippen LogP contribution in [0.1, 0.15) is 58.1 Å². The lowest BCUT2D eigenvalue weighted by Gasteiger charge is -2.26. The number of nitrogens with zero attached hydrogens (tertiary/aromatic N) is 2. The lowest BCUT2D eigenvalue weighted by Crippen LogP contribution is -2.40. The molecule has 178 valence electrons. The van der Waals surface area contributed by atoms with Gasteiger partial charge < -0.3 is 24.7 Å². The zero-order valence-corrected chi connectivity index (χ0v) is 20.3. The summed E-state index contributed by atoms with van der Waals surface area (Å²) in [6.45, 7) is 7.48. The zero-order chi connectivity index (χ0) is 23.6. The molecule has 3 rings (SSSR count). The fourth-order valence-corrected chi connectivity index (χ4v) is 4.74. The number of aromatic hydroxyl groups is 1. The fraction of sp³-hybridized carbons (Fsp3) is 0.652. The van der Waals surface area contributed by atoms with Crippen molar-refractivity contribution in [1.29, 1.82) is 0 Å². The summed E-state index contributed by atoms with van der Waals surface area (Å²) in [5.74, 6) is -0.387. The molecular weight excluding hydrogens is 455 g/mol. The standard InChI is InChI=1S/C23H32Cl2N2O5/c1-23(2,3)32-22(31)27-10-7-15(13-27)21(30)26-8-4-5-14(6-9-26)20(29)16-11-17(24)18(25)12-19(16)28/h11-12,14-15,20,28-29H,4-10,13H2,1-3H3/t14?,15-,20?/m0/s1. The molecule has 0 spiro atoms. The first-order chi connectivity index (χ1) is 15.0. The van der Waals surface area contributed by atoms with Gasteiger partial charge in [0.1, 0.15) is 11.4 Å². The number of hydrogen-bond acceptors (Lipinski definition) is 5. The number of carbonyl (C=O) groups excluding carboxylic acids is 2. The zero-order valence-electron chi connectivity index (χ0n) is 18.8. The summed E-state index contributed by atoms with van der Waals surface area (Å²) < 4.78 is 5.42. The molecule has 2 saturated heterocycles. The average molecular weight is 487 g/mol. The number of aliphatic hydroxyl groups is 1. The van der Waals surface area contributed by atoms with Crippen molar-refractivity contribution < 1.29 is 24.5 Å². The number of likely N-dealkylation sites (tertiary alicyclic amines) is 2. The van der Waals surface area contributed by atoms with Crippen LogP contribution in [0.25, 0.3) is 0 Å². The fourth-order valence-electron chi connectivity index (χ4n) is 4.41. The lowest BCUT2D eigenvalue weighted by atomic mass is 9.89. The minimum atomic E-state index is -0.894. The number of hydrogen-bond donors (Lipinski definition) is 2. The minimum Gasteiger partial charge on any atom is -0.508 e. The SMILES string of the molecule is CC(C)(C)OC(=O)N1CC[C@H](C(=O)N2CCCC(C(O)c3cc(Cl)c(Cl)cc3O)CC2)C1. The summed E-state index contributed by atoms with van der Waals surface area (Å²) in [7, 11) is 0. The molecular formula is C23H32Cl2N2O5. The van der Waals surface area contributed by atoms with E-state index >= 15 is 0 Å². The Hall–Kier alpha value is -1.70. The summed E-state index contributed by atoms with van der Waals surface area (Å²) >= 11 is 12.0. The van der Waals surface area contributed by atoms with Crippen molar-refractivity contribution >= 4 is 35.2 Å². The van der Waals surface area contributed by atoms with Crippen LogP contribution in [0.4, 0.5) is 4.79 Å². The third kappa shape index (κ3) is 6.00. The highest BCUT2D eigenvalue weighted by molar-refractivity contribution is 6.42. The monoisotopic (exact) mass is 486 g/mol. The van der Waals surface area contributed by atoms with E-state index in [-0.39, 0.29) is 39.6 Å². The van der Waals surface area contributed by atoms with Gasteiger partial charge in [0.25, 0.3) is 0 Å². The van der Waals surface area contributed by atoms with E-state index in [9.17, 15) is 19.8 Å². The van der Waals surface area contributed by atoms with Gasteiger partial charge in [-0.05, 0) is 58.4 Å². The van der Waals surface area contributed by atoms with Crippen molar-refractivity contribution in [2.24, 2.45) is 11.8 Å². The van der Waals surface area contributed by atoms with E-state index in [0.717, 1.165) is 12.8 Å². The molecule has 0 saturated carbocycles. The summed E-state index contributed by atoms with van der Waals surface area (Å²) in [6.07, 6.45) is 1.42. The van der Waals surface area contributed by atoms with Crippen molar-refractivity contribution in [3.05, 3.63) is 27.7 Å². The normalized spacial score (nSPS) is 23.1. The average Bonchev–Trinajstić information content (AvgIpc) is 3.07. The molecule has 2 N–H and O–H groups in total. The molecule has 2 aliphatic heterocycles. The van der Waals surface area contributed by atoms with Gasteiger partial charge in [0.05, 0.1) is 22.1 Å². The van der Waals surface area contributed by atoms with E-state index in [2.05, 4.69) is 0 Å². The van der Waals surface area contributed by atoms with Gasteiger partial charge in [-0.2, -0.15) is 0 Å². The summed E-state index contributed by atoms with van der Waals surface area (Å²) in [5, 5.41) is 21.6. The van der Waals surface area contributed by atoms with Gasteiger partial charge in [-0.1, -0.05) is 23.2 Å². The highest BCUT2D eigenvalue weighted by atomic mass is 35.5. The Bertz CT molecular complexity index is 858. The summed E-state index contributed by atoms with van der Waals surface area (Å²) in [6, 6.07) is 2.84. The first-order valence-electron chi connectivity index (χ1n) is 11.1. The van der Waals surface area contributed by atoms with Gasteiger partial charge in [-0.3, -0.25) is 4.79 Å². The predicted octanol–water partition coefficient (Wildman–Crippen LogP) is 4.62. The van der Waals surface area contributed by atoms with Crippen LogP contribution in [0.3, 0.4) is 0 Å². The Morgan fingerprint density at radius 2 is 1.72 bits per heavy atom. The molecule has 9 heteroatoms. The van der Waals surface area contributed by atoms with Crippen molar-refractivity contribution in [3.8, 4) is 5.75 Å². The van der Waals surface area contributed by atoms with Crippen molar-refractivity contribution in [3.63, 3.8) is 0 Å². The van der Waals surface area contributed by atoms with E-state index in [1.54, 1.807) is 4.90 Å². The molecule has 0 aromatic heterocycles. The number of benzene rings is 1. The minimum absolute atomic E-state index is 0.0450. The topological polar surface area (TPSA) is 90.3 Å². The van der Waals surface area contributed by atoms with E-state index in [1.807, 2.05) is 25.7 Å². The van der Waals surface area contributed by atoms with Crippen LogP contribution in [0.15, 0.2) is 12.1 Å². The number of rotatable bonds is 3. The molecule has 3 atom stereocenters. The Balaban J connectivity index is 1.58. The first-order valence-corrected chi connectivity index (χ1v) is 11.8. The molecule has 7 nitrogen and oxygen atoms in total. The van der Waals surface area contributed by atoms with Gasteiger partial charge in [0.15, 0.2) is 0 Å². The van der Waals surface area contributed by atoms with Crippen LogP contribution in [-0.2, 0) is 9.53 Å². The maximum Gasteiger partial charge on any atom is 0.410 e. The third-order valence-corrected chi connectivity index (χ3v) is 6.83. The van der Waals surface area contributed by atoms with Crippen LogP contribution in [-0.4, -0.2) is 63.8 Å². The van der Waals surface area contributed by atoms with Gasteiger partial charge in [-0.25, -0.2) is 4.79 Å². The van der Waals surface area contributed by atoms with Gasteiger partial charge in [-0.15, -0.1) is 0 Å². The quantitative estimate of drug-likeness (QED) is 0.650. The molecule has 0 radical (unpaired) electrons. The first kappa shape index (κ1) is 24.9.